The zero-order chi connectivity index (χ0) is 62.9. The Morgan fingerprint density at radius 3 is 1.49 bits per heavy atom. The number of halogens is 1. The minimum atomic E-state index is 0.606. The molecule has 0 fully saturated rings. The maximum Gasteiger partial charge on any atom is 0.174 e. The number of para-hydroxylation sites is 4. The molecule has 13 heterocycles. The maximum absolute atomic E-state index is 5.11. The van der Waals surface area contributed by atoms with Crippen LogP contribution >= 0.6 is 15.9 Å². The highest BCUT2D eigenvalue weighted by atomic mass is 79.9. The molecule has 0 amide bonds. The molecule has 0 N–H and O–H groups in total. The number of rotatable bonds is 7. The van der Waals surface area contributed by atoms with Crippen molar-refractivity contribution in [2.24, 2.45) is 4.99 Å². The highest BCUT2D eigenvalue weighted by Crippen LogP contribution is 2.41. The molecule has 448 valence electrons. The number of benzene rings is 5. The van der Waals surface area contributed by atoms with E-state index in [-0.39, 0.29) is 0 Å². The Labute approximate surface area is 549 Å². The van der Waals surface area contributed by atoms with Crippen LogP contribution in [0.5, 0.6) is 0 Å². The van der Waals surface area contributed by atoms with Gasteiger partial charge in [0, 0.05) is 142 Å². The molecule has 2 aliphatic carbocycles. The molecule has 17 nitrogen and oxygen atoms in total. The number of fused-ring (bicyclic) bond motifs is 12. The van der Waals surface area contributed by atoms with Crippen molar-refractivity contribution in [2.75, 3.05) is 0 Å². The zero-order valence-corrected chi connectivity index (χ0v) is 51.9. The predicted octanol–water partition coefficient (Wildman–Crippen LogP) is 15.9. The Balaban J connectivity index is 0.000000122. The molecule has 0 atom stereocenters. The van der Waals surface area contributed by atoms with E-state index in [1.54, 1.807) is 74.4 Å². The first-order valence-corrected chi connectivity index (χ1v) is 31.7. The fraction of sp³-hybridized carbons (Fsp3) is 0.0390. The molecule has 0 radical (unpaired) electrons. The summed E-state index contributed by atoms with van der Waals surface area (Å²) >= 11 is 3.42. The van der Waals surface area contributed by atoms with Crippen LogP contribution < -0.4 is 0 Å². The first-order valence-electron chi connectivity index (χ1n) is 30.9. The average molecular weight is 1290 g/mol. The van der Waals surface area contributed by atoms with E-state index in [0.717, 1.165) is 139 Å². The Hall–Kier alpha value is -12.5. The summed E-state index contributed by atoms with van der Waals surface area (Å²) < 4.78 is 7.91. The van der Waals surface area contributed by atoms with E-state index in [1.807, 2.05) is 30.3 Å². The van der Waals surface area contributed by atoms with Crippen LogP contribution in [0.15, 0.2) is 254 Å². The summed E-state index contributed by atoms with van der Waals surface area (Å²) in [7, 11) is 0. The van der Waals surface area contributed by atoms with Crippen LogP contribution in [-0.4, -0.2) is 84.2 Å². The van der Waals surface area contributed by atoms with E-state index >= 15 is 0 Å². The number of hydrogen-bond acceptors (Lipinski definition) is 14. The minimum Gasteiger partial charge on any atom is -0.309 e. The lowest BCUT2D eigenvalue weighted by Gasteiger charge is -2.16. The van der Waals surface area contributed by atoms with Gasteiger partial charge in [0.1, 0.15) is 5.52 Å². The Morgan fingerprint density at radius 1 is 0.347 bits per heavy atom. The lowest BCUT2D eigenvalue weighted by molar-refractivity contribution is 1.06. The SMILES string of the molecule is Brc1ccnc2ncccc12.C1=C(c2cc(-c3cc4nccnc4n3-c3ccnc4ncccc34)cc(-n3c4ccccc4c4ccccc43)c2)Cc2nccnc21.C1=C(c2cc(-n3c4ccccc4c4ccccc43)cc(C3=Nc4nccnc4C3)n2)Cc2nccnc21. The fourth-order valence-electron chi connectivity index (χ4n) is 13.4. The molecular formula is C77H48BrN17. The number of nitrogens with zero attached hydrogens (tertiary/aromatic N) is 17. The Kier molecular flexibility index (Phi) is 13.4. The van der Waals surface area contributed by atoms with Crippen LogP contribution in [-0.2, 0) is 19.3 Å². The zero-order valence-electron chi connectivity index (χ0n) is 50.4. The van der Waals surface area contributed by atoms with Gasteiger partial charge < -0.3 is 9.13 Å². The fourth-order valence-corrected chi connectivity index (χ4v) is 13.8. The third-order valence-electron chi connectivity index (χ3n) is 17.6. The quantitative estimate of drug-likeness (QED) is 0.146. The van der Waals surface area contributed by atoms with Crippen molar-refractivity contribution in [3.05, 3.63) is 294 Å². The van der Waals surface area contributed by atoms with Crippen molar-refractivity contribution in [1.82, 2.24) is 78.5 Å². The predicted molar refractivity (Wildman–Crippen MR) is 377 cm³/mol. The van der Waals surface area contributed by atoms with Crippen molar-refractivity contribution >= 4 is 128 Å². The van der Waals surface area contributed by atoms with E-state index in [4.69, 9.17) is 19.9 Å². The molecule has 0 unspecified atom stereocenters. The lowest BCUT2D eigenvalue weighted by Crippen LogP contribution is -2.08. The second-order valence-corrected chi connectivity index (χ2v) is 24.0. The van der Waals surface area contributed by atoms with Gasteiger partial charge >= 0.3 is 0 Å². The van der Waals surface area contributed by atoms with Gasteiger partial charge in [-0.15, -0.1) is 0 Å². The van der Waals surface area contributed by atoms with Crippen molar-refractivity contribution in [1.29, 1.82) is 0 Å². The number of aliphatic imine (C=N–C) groups is 1. The van der Waals surface area contributed by atoms with Crippen LogP contribution in [0.1, 0.15) is 45.4 Å². The van der Waals surface area contributed by atoms with Gasteiger partial charge in [0.25, 0.3) is 0 Å². The van der Waals surface area contributed by atoms with Gasteiger partial charge in [-0.05, 0) is 142 Å². The summed E-state index contributed by atoms with van der Waals surface area (Å²) in [4.78, 5) is 63.9. The molecule has 0 saturated heterocycles. The second-order valence-electron chi connectivity index (χ2n) is 23.1. The van der Waals surface area contributed by atoms with Crippen LogP contribution in [0.25, 0.3) is 128 Å². The van der Waals surface area contributed by atoms with Gasteiger partial charge in [0.15, 0.2) is 22.8 Å². The first kappa shape index (κ1) is 55.3. The monoisotopic (exact) mass is 1290 g/mol. The molecule has 17 aromatic rings. The summed E-state index contributed by atoms with van der Waals surface area (Å²) in [6.45, 7) is 0. The number of allylic oxidation sites excluding steroid dienone is 2. The molecule has 0 spiro atoms. The molecule has 12 aromatic heterocycles. The van der Waals surface area contributed by atoms with Gasteiger partial charge in [0.05, 0.1) is 84.7 Å². The molecule has 0 bridgehead atoms. The Morgan fingerprint density at radius 2 is 0.853 bits per heavy atom. The van der Waals surface area contributed by atoms with Gasteiger partial charge in [-0.2, -0.15) is 0 Å². The van der Waals surface area contributed by atoms with Gasteiger partial charge in [-0.1, -0.05) is 72.8 Å². The van der Waals surface area contributed by atoms with Crippen molar-refractivity contribution in [2.45, 2.75) is 19.3 Å². The number of pyridine rings is 5. The smallest absolute Gasteiger partial charge is 0.174 e. The summed E-state index contributed by atoms with van der Waals surface area (Å²) in [6, 6.07) is 59.3. The third kappa shape index (κ3) is 9.77. The maximum atomic E-state index is 5.11. The standard InChI is InChI=1S/C39H24N8.C30H19N7.C8H5BrN2/c1-3-9-34-28(6-1)29-7-2-4-10-35(29)46(34)27-19-24(25-21-31-32(22-25)41-15-14-40-31)18-26(20-27)37-23-33-39(45-17-16-42-33)47(37)36-11-13-44-38-30(36)8-5-12-43-38;1-3-7-28-20(5-1)21-6-2-4-8-29(21)37(28)19-15-22(18-13-23-24(14-18)32-10-9-31-23)35-25(16-19)26-17-27-30(36-26)34-12-11-33-27;9-7-3-5-11-8-6(7)2-1-4-10-8/h1-21,23H,22H2;1-13,15-16H,14,17H2;1-5H. The van der Waals surface area contributed by atoms with Crippen molar-refractivity contribution in [3.8, 4) is 28.3 Å². The lowest BCUT2D eigenvalue weighted by atomic mass is 9.99. The van der Waals surface area contributed by atoms with E-state index in [1.165, 1.54) is 27.1 Å². The third-order valence-corrected chi connectivity index (χ3v) is 18.3. The molecule has 5 aromatic carbocycles. The van der Waals surface area contributed by atoms with Gasteiger partial charge in [-0.3, -0.25) is 34.5 Å². The molecule has 18 heteroatoms. The molecule has 3 aliphatic rings. The number of aromatic nitrogens is 16. The molecule has 1 aliphatic heterocycles. The number of hydrogen-bond donors (Lipinski definition) is 0. The van der Waals surface area contributed by atoms with E-state index < -0.39 is 0 Å². The highest BCUT2D eigenvalue weighted by molar-refractivity contribution is 9.10. The van der Waals surface area contributed by atoms with Crippen LogP contribution in [0.4, 0.5) is 5.82 Å². The highest BCUT2D eigenvalue weighted by Gasteiger charge is 2.26. The molecule has 0 saturated carbocycles. The summed E-state index contributed by atoms with van der Waals surface area (Å²) in [5.41, 5.74) is 23.3. The normalized spacial score (nSPS) is 13.0. The molecule has 20 rings (SSSR count). The van der Waals surface area contributed by atoms with Crippen molar-refractivity contribution in [3.63, 3.8) is 0 Å². The van der Waals surface area contributed by atoms with Gasteiger partial charge in [0.2, 0.25) is 0 Å². The summed E-state index contributed by atoms with van der Waals surface area (Å²) in [6.07, 6.45) is 27.2. The van der Waals surface area contributed by atoms with Crippen molar-refractivity contribution < 1.29 is 0 Å². The average Bonchev–Trinajstić information content (AvgIpc) is 1.62. The summed E-state index contributed by atoms with van der Waals surface area (Å²) in [5.74, 6) is 0.670. The van der Waals surface area contributed by atoms with Crippen LogP contribution in [0.3, 0.4) is 0 Å². The van der Waals surface area contributed by atoms with Crippen LogP contribution in [0, 0.1) is 0 Å². The Bertz CT molecular complexity index is 5880. The second kappa shape index (κ2) is 23.0. The van der Waals surface area contributed by atoms with E-state index in [0.29, 0.717) is 30.7 Å². The minimum absolute atomic E-state index is 0.606. The van der Waals surface area contributed by atoms with Crippen LogP contribution in [0.2, 0.25) is 0 Å². The molecular weight excluding hydrogens is 1240 g/mol. The molecule has 95 heavy (non-hydrogen) atoms. The van der Waals surface area contributed by atoms with Gasteiger partial charge in [-0.25, -0.2) is 39.9 Å². The topological polar surface area (TPSA) is 195 Å². The van der Waals surface area contributed by atoms with E-state index in [9.17, 15) is 0 Å². The largest absolute Gasteiger partial charge is 0.309 e. The van der Waals surface area contributed by atoms with E-state index in [2.05, 4.69) is 231 Å². The summed E-state index contributed by atoms with van der Waals surface area (Å²) in [5, 5.41) is 6.86. The first-order chi connectivity index (χ1) is 47.0.